The van der Waals surface area contributed by atoms with E-state index in [9.17, 15) is 14.0 Å². The predicted octanol–water partition coefficient (Wildman–Crippen LogP) is 4.78. The molecule has 1 aromatic heterocycles. The summed E-state index contributed by atoms with van der Waals surface area (Å²) in [6.07, 6.45) is 8.00. The van der Waals surface area contributed by atoms with Gasteiger partial charge in [0.25, 0.3) is 5.91 Å². The molecule has 8 heteroatoms. The summed E-state index contributed by atoms with van der Waals surface area (Å²) >= 11 is 0. The molecule has 1 saturated carbocycles. The number of hydrogen-bond donors (Lipinski definition) is 2. The zero-order chi connectivity index (χ0) is 23.5. The summed E-state index contributed by atoms with van der Waals surface area (Å²) in [6.45, 7) is 0.982. The molecule has 34 heavy (non-hydrogen) atoms. The maximum atomic E-state index is 13.2. The SMILES string of the molecule is O=C(CN1CCCc2c(NC(=O)c3ccc(F)cc3)cccc21)Nc1ccnn1C1CCCC1. The van der Waals surface area contributed by atoms with E-state index in [1.54, 1.807) is 6.20 Å². The fraction of sp³-hybridized carbons (Fsp3) is 0.346. The van der Waals surface area contributed by atoms with Crippen LogP contribution in [0.4, 0.5) is 21.6 Å². The number of anilines is 3. The van der Waals surface area contributed by atoms with Crippen molar-refractivity contribution < 1.29 is 14.0 Å². The fourth-order valence-corrected chi connectivity index (χ4v) is 4.99. The molecule has 2 N–H and O–H groups in total. The number of halogens is 1. The van der Waals surface area contributed by atoms with Crippen molar-refractivity contribution in [1.29, 1.82) is 0 Å². The molecule has 1 aliphatic heterocycles. The van der Waals surface area contributed by atoms with Gasteiger partial charge >= 0.3 is 0 Å². The summed E-state index contributed by atoms with van der Waals surface area (Å²) in [5, 5.41) is 10.4. The van der Waals surface area contributed by atoms with Gasteiger partial charge in [-0.05, 0) is 67.6 Å². The highest BCUT2D eigenvalue weighted by atomic mass is 19.1. The van der Waals surface area contributed by atoms with Gasteiger partial charge in [0, 0.05) is 29.5 Å². The minimum Gasteiger partial charge on any atom is -0.362 e. The van der Waals surface area contributed by atoms with Gasteiger partial charge < -0.3 is 15.5 Å². The molecule has 0 saturated heterocycles. The lowest BCUT2D eigenvalue weighted by Gasteiger charge is -2.32. The topological polar surface area (TPSA) is 79.3 Å². The van der Waals surface area contributed by atoms with Crippen LogP contribution in [0.15, 0.2) is 54.7 Å². The molecule has 0 spiro atoms. The van der Waals surface area contributed by atoms with Gasteiger partial charge in [0.15, 0.2) is 0 Å². The average molecular weight is 462 g/mol. The highest BCUT2D eigenvalue weighted by molar-refractivity contribution is 6.05. The van der Waals surface area contributed by atoms with E-state index >= 15 is 0 Å². The molecule has 0 bridgehead atoms. The summed E-state index contributed by atoms with van der Waals surface area (Å²) in [5.74, 6) is -0.0138. The van der Waals surface area contributed by atoms with E-state index in [0.29, 0.717) is 11.6 Å². The Morgan fingerprint density at radius 1 is 1.00 bits per heavy atom. The first-order valence-electron chi connectivity index (χ1n) is 11.9. The van der Waals surface area contributed by atoms with Crippen molar-refractivity contribution in [1.82, 2.24) is 9.78 Å². The second-order valence-electron chi connectivity index (χ2n) is 8.94. The quantitative estimate of drug-likeness (QED) is 0.554. The first-order valence-corrected chi connectivity index (χ1v) is 11.9. The third-order valence-corrected chi connectivity index (χ3v) is 6.64. The largest absolute Gasteiger partial charge is 0.362 e. The lowest BCUT2D eigenvalue weighted by atomic mass is 9.99. The van der Waals surface area contributed by atoms with Gasteiger partial charge in [0.2, 0.25) is 5.91 Å². The second-order valence-corrected chi connectivity index (χ2v) is 8.94. The van der Waals surface area contributed by atoms with E-state index in [-0.39, 0.29) is 24.2 Å². The molecule has 1 fully saturated rings. The number of rotatable bonds is 6. The minimum absolute atomic E-state index is 0.0895. The Balaban J connectivity index is 1.29. The number of nitrogens with one attached hydrogen (secondary N) is 2. The van der Waals surface area contributed by atoms with Crippen molar-refractivity contribution in [3.63, 3.8) is 0 Å². The van der Waals surface area contributed by atoms with Crippen LogP contribution in [0.3, 0.4) is 0 Å². The molecule has 2 aromatic carbocycles. The molecule has 0 unspecified atom stereocenters. The van der Waals surface area contributed by atoms with E-state index < -0.39 is 0 Å². The standard InChI is InChI=1S/C26H28FN5O2/c27-19-12-10-18(11-13-19)26(34)29-22-8-3-9-23-21(22)7-4-16-31(23)17-25(33)30-24-14-15-28-32(24)20-5-1-2-6-20/h3,8-15,20H,1-2,4-7,16-17H2,(H,29,34)(H,30,33). The van der Waals surface area contributed by atoms with Crippen molar-refractivity contribution >= 4 is 29.0 Å². The van der Waals surface area contributed by atoms with E-state index in [2.05, 4.69) is 20.6 Å². The third-order valence-electron chi connectivity index (χ3n) is 6.64. The van der Waals surface area contributed by atoms with Crippen LogP contribution in [0.25, 0.3) is 0 Å². The van der Waals surface area contributed by atoms with Crippen LogP contribution in [0, 0.1) is 5.82 Å². The highest BCUT2D eigenvalue weighted by Crippen LogP contribution is 2.34. The van der Waals surface area contributed by atoms with Gasteiger partial charge in [-0.15, -0.1) is 0 Å². The Morgan fingerprint density at radius 3 is 2.59 bits per heavy atom. The van der Waals surface area contributed by atoms with Gasteiger partial charge in [-0.2, -0.15) is 5.10 Å². The molecule has 2 heterocycles. The number of aromatic nitrogens is 2. The summed E-state index contributed by atoms with van der Waals surface area (Å²) in [7, 11) is 0. The number of benzene rings is 2. The summed E-state index contributed by atoms with van der Waals surface area (Å²) in [5.41, 5.74) is 3.07. The van der Waals surface area contributed by atoms with Gasteiger partial charge in [-0.3, -0.25) is 9.59 Å². The average Bonchev–Trinajstić information content (AvgIpc) is 3.52. The van der Waals surface area contributed by atoms with Crippen LogP contribution in [0.2, 0.25) is 0 Å². The minimum atomic E-state index is -0.381. The molecule has 2 amide bonds. The highest BCUT2D eigenvalue weighted by Gasteiger charge is 2.24. The Kier molecular flexibility index (Phi) is 6.29. The van der Waals surface area contributed by atoms with Gasteiger partial charge in [-0.25, -0.2) is 9.07 Å². The molecule has 3 aromatic rings. The van der Waals surface area contributed by atoms with Gasteiger partial charge in [0.1, 0.15) is 11.6 Å². The number of carbonyl (C=O) groups excluding carboxylic acids is 2. The van der Waals surface area contributed by atoms with Crippen LogP contribution in [0.5, 0.6) is 0 Å². The normalized spacial score (nSPS) is 15.7. The molecule has 7 nitrogen and oxygen atoms in total. The van der Waals surface area contributed by atoms with Crippen molar-refractivity contribution in [2.75, 3.05) is 28.6 Å². The van der Waals surface area contributed by atoms with E-state index in [1.165, 1.54) is 37.1 Å². The van der Waals surface area contributed by atoms with Gasteiger partial charge in [-0.1, -0.05) is 18.9 Å². The Labute approximate surface area is 198 Å². The van der Waals surface area contributed by atoms with E-state index in [0.717, 1.165) is 55.0 Å². The lowest BCUT2D eigenvalue weighted by molar-refractivity contribution is -0.115. The van der Waals surface area contributed by atoms with Crippen molar-refractivity contribution in [2.45, 2.75) is 44.6 Å². The molecular weight excluding hydrogens is 433 g/mol. The third kappa shape index (κ3) is 4.66. The number of hydrogen-bond acceptors (Lipinski definition) is 4. The molecule has 1 aliphatic carbocycles. The van der Waals surface area contributed by atoms with Crippen LogP contribution in [-0.2, 0) is 11.2 Å². The smallest absolute Gasteiger partial charge is 0.255 e. The van der Waals surface area contributed by atoms with E-state index in [1.807, 2.05) is 28.9 Å². The van der Waals surface area contributed by atoms with Crippen LogP contribution >= 0.6 is 0 Å². The van der Waals surface area contributed by atoms with Crippen molar-refractivity contribution in [2.24, 2.45) is 0 Å². The number of amides is 2. The Hall–Kier alpha value is -3.68. The van der Waals surface area contributed by atoms with Crippen molar-refractivity contribution in [3.05, 3.63) is 71.7 Å². The molecule has 0 atom stereocenters. The maximum Gasteiger partial charge on any atom is 0.255 e. The second kappa shape index (κ2) is 9.67. The van der Waals surface area contributed by atoms with Crippen LogP contribution in [-0.4, -0.2) is 34.7 Å². The first kappa shape index (κ1) is 22.1. The molecule has 0 radical (unpaired) electrons. The number of fused-ring (bicyclic) bond motifs is 1. The first-order chi connectivity index (χ1) is 16.6. The monoisotopic (exact) mass is 461 g/mol. The summed E-state index contributed by atoms with van der Waals surface area (Å²) in [4.78, 5) is 27.7. The number of carbonyl (C=O) groups is 2. The van der Waals surface area contributed by atoms with Crippen LogP contribution < -0.4 is 15.5 Å². The maximum absolute atomic E-state index is 13.2. The zero-order valence-electron chi connectivity index (χ0n) is 19.0. The summed E-state index contributed by atoms with van der Waals surface area (Å²) in [6, 6.07) is 13.4. The van der Waals surface area contributed by atoms with Crippen molar-refractivity contribution in [3.8, 4) is 0 Å². The molecule has 5 rings (SSSR count). The predicted molar refractivity (Wildman–Crippen MR) is 130 cm³/mol. The van der Waals surface area contributed by atoms with Crippen LogP contribution in [0.1, 0.15) is 54.1 Å². The number of nitrogens with zero attached hydrogens (tertiary/aromatic N) is 3. The summed E-state index contributed by atoms with van der Waals surface area (Å²) < 4.78 is 15.1. The lowest BCUT2D eigenvalue weighted by Crippen LogP contribution is -2.37. The van der Waals surface area contributed by atoms with Gasteiger partial charge in [0.05, 0.1) is 18.8 Å². The Morgan fingerprint density at radius 2 is 1.79 bits per heavy atom. The molecule has 176 valence electrons. The Bertz CT molecular complexity index is 1180. The van der Waals surface area contributed by atoms with E-state index in [4.69, 9.17) is 0 Å². The molecular formula is C26H28FN5O2. The molecule has 2 aliphatic rings. The zero-order valence-corrected chi connectivity index (χ0v) is 19.0. The fourth-order valence-electron chi connectivity index (χ4n) is 4.99.